The number of hydrogen-bond donors (Lipinski definition) is 1. The Kier molecular flexibility index (Phi) is 13.3. The molecule has 1 rings (SSSR count). The van der Waals surface area contributed by atoms with E-state index in [1.165, 1.54) is 37.8 Å². The Bertz CT molecular complexity index is 545. The normalized spacial score (nSPS) is 13.0. The van der Waals surface area contributed by atoms with Crippen LogP contribution in [0.5, 0.6) is 0 Å². The minimum Gasteiger partial charge on any atom is -0.343 e. The number of ether oxygens (including phenoxy) is 2. The molecule has 0 aliphatic rings. The van der Waals surface area contributed by atoms with E-state index < -0.39 is 17.6 Å². The molecule has 0 saturated heterocycles. The van der Waals surface area contributed by atoms with Gasteiger partial charge in [-0.25, -0.2) is 8.78 Å². The van der Waals surface area contributed by atoms with Gasteiger partial charge in [-0.2, -0.15) is 0 Å². The summed E-state index contributed by atoms with van der Waals surface area (Å²) in [7, 11) is 0. The van der Waals surface area contributed by atoms with Crippen LogP contribution < -0.4 is 0 Å². The minimum absolute atomic E-state index is 0.119. The van der Waals surface area contributed by atoms with E-state index in [9.17, 15) is 13.9 Å². The van der Waals surface area contributed by atoms with Gasteiger partial charge in [0, 0.05) is 25.2 Å². The molecule has 0 spiro atoms. The van der Waals surface area contributed by atoms with Crippen LogP contribution in [-0.4, -0.2) is 24.3 Å². The Balaban J connectivity index is 2.57. The van der Waals surface area contributed by atoms with Gasteiger partial charge < -0.3 is 14.6 Å². The quantitative estimate of drug-likeness (QED) is 0.226. The molecule has 3 nitrogen and oxygen atoms in total. The number of aliphatic hydroxyl groups is 1. The van der Waals surface area contributed by atoms with Gasteiger partial charge in [-0.15, -0.1) is 0 Å². The van der Waals surface area contributed by atoms with Crippen LogP contribution in [0.25, 0.3) is 0 Å². The van der Waals surface area contributed by atoms with E-state index in [0.29, 0.717) is 25.2 Å². The summed E-state index contributed by atoms with van der Waals surface area (Å²) < 4.78 is 38.1. The van der Waals surface area contributed by atoms with Gasteiger partial charge >= 0.3 is 0 Å². The molecule has 0 amide bonds. The van der Waals surface area contributed by atoms with Crippen molar-refractivity contribution < 1.29 is 23.4 Å². The summed E-state index contributed by atoms with van der Waals surface area (Å²) in [6, 6.07) is 3.73. The van der Waals surface area contributed by atoms with Gasteiger partial charge in [0.2, 0.25) is 0 Å². The van der Waals surface area contributed by atoms with E-state index in [1.54, 1.807) is 0 Å². The van der Waals surface area contributed by atoms with Crippen LogP contribution in [0, 0.1) is 17.6 Å². The molecule has 1 atom stereocenters. The van der Waals surface area contributed by atoms with Gasteiger partial charge in [-0.1, -0.05) is 57.9 Å². The van der Waals surface area contributed by atoms with Gasteiger partial charge in [0.05, 0.1) is 0 Å². The van der Waals surface area contributed by atoms with Crippen molar-refractivity contribution >= 4 is 0 Å². The van der Waals surface area contributed by atoms with E-state index in [4.69, 9.17) is 9.47 Å². The molecule has 1 N–H and O–H groups in total. The Labute approximate surface area is 175 Å². The Morgan fingerprint density at radius 2 is 1.45 bits per heavy atom. The molecule has 1 aromatic rings. The van der Waals surface area contributed by atoms with Crippen LogP contribution in [0.2, 0.25) is 0 Å². The molecule has 0 bridgehead atoms. The number of halogens is 2. The van der Waals surface area contributed by atoms with Crippen molar-refractivity contribution in [1.82, 2.24) is 0 Å². The second-order valence-corrected chi connectivity index (χ2v) is 7.73. The Hall–Kier alpha value is -1.04. The maximum absolute atomic E-state index is 13.8. The van der Waals surface area contributed by atoms with Crippen molar-refractivity contribution in [2.45, 2.75) is 97.4 Å². The van der Waals surface area contributed by atoms with E-state index in [1.807, 2.05) is 13.8 Å². The lowest BCUT2D eigenvalue weighted by Gasteiger charge is -2.35. The van der Waals surface area contributed by atoms with Gasteiger partial charge in [0.1, 0.15) is 11.6 Å². The molecular formula is C24H40F2O3. The maximum Gasteiger partial charge on any atom is 0.283 e. The minimum atomic E-state index is -1.56. The van der Waals surface area contributed by atoms with Crippen LogP contribution in [0.15, 0.2) is 18.2 Å². The van der Waals surface area contributed by atoms with Crippen molar-refractivity contribution in [2.75, 3.05) is 13.2 Å². The first kappa shape index (κ1) is 26.0. The van der Waals surface area contributed by atoms with Crippen LogP contribution >= 0.6 is 0 Å². The van der Waals surface area contributed by atoms with Gasteiger partial charge in [-0.05, 0) is 51.2 Å². The summed E-state index contributed by atoms with van der Waals surface area (Å²) in [5.41, 5.74) is 0.531. The summed E-state index contributed by atoms with van der Waals surface area (Å²) in [4.78, 5) is 0. The number of aryl methyl sites for hydroxylation is 1. The first-order valence-corrected chi connectivity index (χ1v) is 11.4. The standard InChI is InChI=1S/C24H40F2O3/c1-4-7-8-9-10-11-15-21(24(27,28-5-2)29-6-3)16-13-12-14-20-17-18-22(25)19-23(20)26/h17-19,21,27H,4-16H2,1-3H3. The van der Waals surface area contributed by atoms with Gasteiger partial charge in [0.15, 0.2) is 0 Å². The predicted molar refractivity (Wildman–Crippen MR) is 114 cm³/mol. The maximum atomic E-state index is 13.8. The van der Waals surface area contributed by atoms with Crippen LogP contribution in [0.4, 0.5) is 8.78 Å². The van der Waals surface area contributed by atoms with Crippen LogP contribution in [0.1, 0.15) is 90.5 Å². The highest BCUT2D eigenvalue weighted by molar-refractivity contribution is 5.18. The Morgan fingerprint density at radius 1 is 0.862 bits per heavy atom. The highest BCUT2D eigenvalue weighted by Gasteiger charge is 2.38. The molecule has 5 heteroatoms. The molecule has 1 unspecified atom stereocenters. The van der Waals surface area contributed by atoms with Crippen LogP contribution in [0.3, 0.4) is 0 Å². The van der Waals surface area contributed by atoms with Crippen molar-refractivity contribution in [2.24, 2.45) is 5.92 Å². The fourth-order valence-electron chi connectivity index (χ4n) is 3.80. The summed E-state index contributed by atoms with van der Waals surface area (Å²) >= 11 is 0. The third kappa shape index (κ3) is 10.0. The van der Waals surface area contributed by atoms with E-state index in [2.05, 4.69) is 6.92 Å². The number of rotatable bonds is 17. The zero-order chi connectivity index (χ0) is 21.5. The second-order valence-electron chi connectivity index (χ2n) is 7.73. The molecule has 0 aromatic heterocycles. The Morgan fingerprint density at radius 3 is 2.03 bits per heavy atom. The van der Waals surface area contributed by atoms with Crippen LogP contribution in [-0.2, 0) is 15.9 Å². The third-order valence-electron chi connectivity index (χ3n) is 5.39. The largest absolute Gasteiger partial charge is 0.343 e. The molecule has 0 heterocycles. The molecule has 0 aliphatic heterocycles. The molecule has 168 valence electrons. The molecule has 0 saturated carbocycles. The molecular weight excluding hydrogens is 374 g/mol. The highest BCUT2D eigenvalue weighted by Crippen LogP contribution is 2.31. The molecule has 1 aromatic carbocycles. The molecule has 0 aliphatic carbocycles. The number of benzene rings is 1. The van der Waals surface area contributed by atoms with Crippen molar-refractivity contribution in [3.05, 3.63) is 35.4 Å². The van der Waals surface area contributed by atoms with Crippen molar-refractivity contribution in [3.63, 3.8) is 0 Å². The second kappa shape index (κ2) is 14.9. The first-order chi connectivity index (χ1) is 14.0. The van der Waals surface area contributed by atoms with E-state index >= 15 is 0 Å². The summed E-state index contributed by atoms with van der Waals surface area (Å²) in [6.07, 6.45) is 10.9. The smallest absolute Gasteiger partial charge is 0.283 e. The van der Waals surface area contributed by atoms with Crippen molar-refractivity contribution in [3.8, 4) is 0 Å². The highest BCUT2D eigenvalue weighted by atomic mass is 19.1. The molecule has 29 heavy (non-hydrogen) atoms. The summed E-state index contributed by atoms with van der Waals surface area (Å²) in [5, 5.41) is 11.0. The molecule has 0 radical (unpaired) electrons. The zero-order valence-corrected chi connectivity index (χ0v) is 18.5. The fourth-order valence-corrected chi connectivity index (χ4v) is 3.80. The number of unbranched alkanes of at least 4 members (excludes halogenated alkanes) is 6. The lowest BCUT2D eigenvalue weighted by Crippen LogP contribution is -2.44. The third-order valence-corrected chi connectivity index (χ3v) is 5.39. The zero-order valence-electron chi connectivity index (χ0n) is 18.5. The topological polar surface area (TPSA) is 38.7 Å². The number of hydrogen-bond acceptors (Lipinski definition) is 3. The average Bonchev–Trinajstić information content (AvgIpc) is 2.67. The van der Waals surface area contributed by atoms with E-state index in [-0.39, 0.29) is 5.92 Å². The monoisotopic (exact) mass is 414 g/mol. The predicted octanol–water partition coefficient (Wildman–Crippen LogP) is 6.76. The van der Waals surface area contributed by atoms with Gasteiger partial charge in [0.25, 0.3) is 5.97 Å². The fraction of sp³-hybridized carbons (Fsp3) is 0.750. The first-order valence-electron chi connectivity index (χ1n) is 11.4. The lowest BCUT2D eigenvalue weighted by molar-refractivity contribution is -0.385. The van der Waals surface area contributed by atoms with E-state index in [0.717, 1.165) is 44.6 Å². The molecule has 0 fully saturated rings. The lowest BCUT2D eigenvalue weighted by atomic mass is 9.91. The summed E-state index contributed by atoms with van der Waals surface area (Å²) in [6.45, 7) is 6.67. The summed E-state index contributed by atoms with van der Waals surface area (Å²) in [5.74, 6) is -2.72. The van der Waals surface area contributed by atoms with Gasteiger partial charge in [-0.3, -0.25) is 0 Å². The SMILES string of the molecule is CCCCCCCCC(CCCCc1ccc(F)cc1F)C(O)(OCC)OCC. The van der Waals surface area contributed by atoms with Crippen molar-refractivity contribution in [1.29, 1.82) is 0 Å². The average molecular weight is 415 g/mol.